The van der Waals surface area contributed by atoms with Crippen molar-refractivity contribution in [2.45, 2.75) is 19.4 Å². The lowest BCUT2D eigenvalue weighted by Gasteiger charge is -2.24. The fourth-order valence-electron chi connectivity index (χ4n) is 1.55. The van der Waals surface area contributed by atoms with Gasteiger partial charge in [0.1, 0.15) is 5.75 Å². The van der Waals surface area contributed by atoms with Crippen LogP contribution in [0.2, 0.25) is 0 Å². The molecule has 3 N–H and O–H groups in total. The quantitative estimate of drug-likeness (QED) is 0.709. The van der Waals surface area contributed by atoms with E-state index in [2.05, 4.69) is 5.32 Å². The van der Waals surface area contributed by atoms with E-state index >= 15 is 0 Å². The molecular formula is C11H12N2O3. The number of carbonyl (C=O) groups excluding carboxylic acids is 2. The summed E-state index contributed by atoms with van der Waals surface area (Å²) in [5.41, 5.74) is 6.70. The van der Waals surface area contributed by atoms with Crippen molar-refractivity contribution in [1.29, 1.82) is 0 Å². The third-order valence-electron chi connectivity index (χ3n) is 2.45. The number of amides is 2. The van der Waals surface area contributed by atoms with Gasteiger partial charge in [-0.05, 0) is 24.1 Å². The summed E-state index contributed by atoms with van der Waals surface area (Å²) in [7, 11) is 0. The fraction of sp³-hybridized carbons (Fsp3) is 0.273. The van der Waals surface area contributed by atoms with Crippen molar-refractivity contribution >= 4 is 17.5 Å². The zero-order chi connectivity index (χ0) is 11.7. The molecule has 84 valence electrons. The van der Waals surface area contributed by atoms with Gasteiger partial charge in [-0.15, -0.1) is 0 Å². The highest BCUT2D eigenvalue weighted by Gasteiger charge is 2.32. The Bertz CT molecular complexity index is 457. The lowest BCUT2D eigenvalue weighted by Crippen LogP contribution is -2.46. The molecule has 0 aliphatic carbocycles. The maximum atomic E-state index is 11.4. The fourth-order valence-corrected chi connectivity index (χ4v) is 1.55. The number of carbonyl (C=O) groups is 2. The average Bonchev–Trinajstić information content (AvgIpc) is 2.27. The second-order valence-electron chi connectivity index (χ2n) is 3.57. The van der Waals surface area contributed by atoms with Crippen molar-refractivity contribution in [3.05, 3.63) is 23.8 Å². The number of primary amides is 1. The first-order valence-electron chi connectivity index (χ1n) is 5.01. The minimum absolute atomic E-state index is 0.489. The molecule has 2 rings (SSSR count). The Balaban J connectivity index is 2.36. The first-order chi connectivity index (χ1) is 7.61. The first-order valence-corrected chi connectivity index (χ1v) is 5.01. The third-order valence-corrected chi connectivity index (χ3v) is 2.45. The van der Waals surface area contributed by atoms with Crippen LogP contribution in [-0.2, 0) is 16.0 Å². The van der Waals surface area contributed by atoms with Crippen LogP contribution in [0, 0.1) is 0 Å². The number of hydrogen-bond donors (Lipinski definition) is 2. The summed E-state index contributed by atoms with van der Waals surface area (Å²) in [6, 6.07) is 5.45. The van der Waals surface area contributed by atoms with Gasteiger partial charge in [-0.2, -0.15) is 0 Å². The maximum Gasteiger partial charge on any atom is 0.275 e. The van der Waals surface area contributed by atoms with Crippen LogP contribution in [-0.4, -0.2) is 17.9 Å². The Labute approximate surface area is 92.6 Å². The average molecular weight is 220 g/mol. The van der Waals surface area contributed by atoms with Gasteiger partial charge in [-0.1, -0.05) is 13.0 Å². The molecule has 1 aromatic rings. The summed E-state index contributed by atoms with van der Waals surface area (Å²) in [5, 5.41) is 2.58. The summed E-state index contributed by atoms with van der Waals surface area (Å²) < 4.78 is 5.26. The monoisotopic (exact) mass is 220 g/mol. The Kier molecular flexibility index (Phi) is 2.52. The lowest BCUT2D eigenvalue weighted by atomic mass is 10.1. The van der Waals surface area contributed by atoms with Crippen LogP contribution in [0.15, 0.2) is 18.2 Å². The van der Waals surface area contributed by atoms with Gasteiger partial charge in [0.25, 0.3) is 17.9 Å². The largest absolute Gasteiger partial charge is 0.468 e. The molecule has 0 aromatic heterocycles. The van der Waals surface area contributed by atoms with Crippen LogP contribution in [0.3, 0.4) is 0 Å². The van der Waals surface area contributed by atoms with Gasteiger partial charge in [-0.25, -0.2) is 0 Å². The summed E-state index contributed by atoms with van der Waals surface area (Å²) in [6.07, 6.45) is -0.383. The van der Waals surface area contributed by atoms with Crippen molar-refractivity contribution in [1.82, 2.24) is 0 Å². The van der Waals surface area contributed by atoms with Gasteiger partial charge >= 0.3 is 0 Å². The predicted molar refractivity (Wildman–Crippen MR) is 58.1 cm³/mol. The Morgan fingerprint density at radius 3 is 2.94 bits per heavy atom. The zero-order valence-corrected chi connectivity index (χ0v) is 8.82. The molecule has 1 aliphatic rings. The van der Waals surface area contributed by atoms with Gasteiger partial charge in [0.2, 0.25) is 0 Å². The highest BCUT2D eigenvalue weighted by Crippen LogP contribution is 2.30. The van der Waals surface area contributed by atoms with Crippen LogP contribution in [0.1, 0.15) is 12.5 Å². The molecular weight excluding hydrogens is 208 g/mol. The summed E-state index contributed by atoms with van der Waals surface area (Å²) >= 11 is 0. The second-order valence-corrected chi connectivity index (χ2v) is 3.57. The highest BCUT2D eigenvalue weighted by atomic mass is 16.5. The van der Waals surface area contributed by atoms with E-state index in [0.717, 1.165) is 12.0 Å². The van der Waals surface area contributed by atoms with Crippen LogP contribution in [0.5, 0.6) is 5.75 Å². The molecule has 1 heterocycles. The lowest BCUT2D eigenvalue weighted by molar-refractivity contribution is -0.135. The van der Waals surface area contributed by atoms with Crippen molar-refractivity contribution in [3.63, 3.8) is 0 Å². The van der Waals surface area contributed by atoms with Crippen molar-refractivity contribution in [2.24, 2.45) is 5.73 Å². The summed E-state index contributed by atoms with van der Waals surface area (Å²) in [5.74, 6) is -0.822. The first kappa shape index (κ1) is 10.5. The molecule has 0 radical (unpaired) electrons. The minimum Gasteiger partial charge on any atom is -0.468 e. The second kappa shape index (κ2) is 3.84. The van der Waals surface area contributed by atoms with E-state index in [4.69, 9.17) is 10.5 Å². The Morgan fingerprint density at radius 1 is 1.56 bits per heavy atom. The molecule has 1 aliphatic heterocycles. The van der Waals surface area contributed by atoms with E-state index in [1.165, 1.54) is 0 Å². The minimum atomic E-state index is -1.24. The molecule has 1 unspecified atom stereocenters. The SMILES string of the molecule is CCc1ccc2c(c1)OC(C(N)=O)C(=O)N2. The van der Waals surface area contributed by atoms with Gasteiger partial charge < -0.3 is 15.8 Å². The molecule has 0 fully saturated rings. The van der Waals surface area contributed by atoms with Crippen LogP contribution < -0.4 is 15.8 Å². The standard InChI is InChI=1S/C11H12N2O3/c1-2-6-3-4-7-8(5-6)16-9(10(12)14)11(15)13-7/h3-5,9H,2H2,1H3,(H2,12,14)(H,13,15). The van der Waals surface area contributed by atoms with Crippen molar-refractivity contribution in [2.75, 3.05) is 5.32 Å². The Hall–Kier alpha value is -2.04. The molecule has 0 bridgehead atoms. The van der Waals surface area contributed by atoms with E-state index in [9.17, 15) is 9.59 Å². The van der Waals surface area contributed by atoms with Crippen molar-refractivity contribution < 1.29 is 14.3 Å². The molecule has 5 heteroatoms. The molecule has 0 saturated heterocycles. The van der Waals surface area contributed by atoms with Crippen LogP contribution in [0.25, 0.3) is 0 Å². The number of benzene rings is 1. The Morgan fingerprint density at radius 2 is 2.31 bits per heavy atom. The topological polar surface area (TPSA) is 81.4 Å². The maximum absolute atomic E-state index is 11.4. The molecule has 2 amide bonds. The number of fused-ring (bicyclic) bond motifs is 1. The number of ether oxygens (including phenoxy) is 1. The van der Waals surface area contributed by atoms with Gasteiger partial charge in [0.05, 0.1) is 5.69 Å². The van der Waals surface area contributed by atoms with E-state index in [0.29, 0.717) is 11.4 Å². The van der Waals surface area contributed by atoms with Crippen LogP contribution >= 0.6 is 0 Å². The smallest absolute Gasteiger partial charge is 0.275 e. The number of nitrogens with one attached hydrogen (secondary N) is 1. The summed E-state index contributed by atoms with van der Waals surface area (Å²) in [4.78, 5) is 22.4. The zero-order valence-electron chi connectivity index (χ0n) is 8.82. The highest BCUT2D eigenvalue weighted by molar-refractivity contribution is 6.10. The summed E-state index contributed by atoms with van der Waals surface area (Å²) in [6.45, 7) is 2.01. The van der Waals surface area contributed by atoms with E-state index in [1.54, 1.807) is 12.1 Å². The molecule has 1 atom stereocenters. The van der Waals surface area contributed by atoms with E-state index < -0.39 is 17.9 Å². The van der Waals surface area contributed by atoms with Gasteiger partial charge in [0.15, 0.2) is 0 Å². The molecule has 0 saturated carbocycles. The van der Waals surface area contributed by atoms with E-state index in [-0.39, 0.29) is 0 Å². The molecule has 0 spiro atoms. The molecule has 1 aromatic carbocycles. The molecule has 5 nitrogen and oxygen atoms in total. The number of nitrogens with two attached hydrogens (primary N) is 1. The number of anilines is 1. The predicted octanol–water partition coefficient (Wildman–Crippen LogP) is 0.434. The number of hydrogen-bond acceptors (Lipinski definition) is 3. The van der Waals surface area contributed by atoms with Gasteiger partial charge in [-0.3, -0.25) is 9.59 Å². The van der Waals surface area contributed by atoms with Crippen LogP contribution in [0.4, 0.5) is 5.69 Å². The third kappa shape index (κ3) is 1.71. The normalized spacial score (nSPS) is 18.3. The van der Waals surface area contributed by atoms with Crippen molar-refractivity contribution in [3.8, 4) is 5.75 Å². The number of aryl methyl sites for hydroxylation is 1. The molecule has 16 heavy (non-hydrogen) atoms. The number of rotatable bonds is 2. The van der Waals surface area contributed by atoms with Gasteiger partial charge in [0, 0.05) is 0 Å². The van der Waals surface area contributed by atoms with E-state index in [1.807, 2.05) is 13.0 Å².